The van der Waals surface area contributed by atoms with Crippen LogP contribution in [0, 0.1) is 13.8 Å². The van der Waals surface area contributed by atoms with E-state index in [1.54, 1.807) is 5.19 Å². The fraction of sp³-hybridized carbons (Fsp3) is 0.276. The lowest BCUT2D eigenvalue weighted by Crippen LogP contribution is -2.39. The third-order valence-corrected chi connectivity index (χ3v) is 10.2. The largest absolute Gasteiger partial charge is 0.255 e. The van der Waals surface area contributed by atoms with Gasteiger partial charge in [-0.1, -0.05) is 74.6 Å². The van der Waals surface area contributed by atoms with Gasteiger partial charge in [0, 0.05) is 27.2 Å². The first-order valence-electron chi connectivity index (χ1n) is 11.5. The highest BCUT2D eigenvalue weighted by Gasteiger charge is 2.22. The van der Waals surface area contributed by atoms with Gasteiger partial charge in [0.15, 0.2) is 0 Å². The van der Waals surface area contributed by atoms with Gasteiger partial charge in [0.2, 0.25) is 0 Å². The molecule has 5 aromatic rings. The summed E-state index contributed by atoms with van der Waals surface area (Å²) in [5.41, 5.74) is 6.50. The average molecular weight is 454 g/mol. The summed E-state index contributed by atoms with van der Waals surface area (Å²) in [7, 11) is -1.39. The van der Waals surface area contributed by atoms with Crippen molar-refractivity contribution in [2.75, 3.05) is 0 Å². The summed E-state index contributed by atoms with van der Waals surface area (Å²) in [4.78, 5) is 4.92. The van der Waals surface area contributed by atoms with Crippen molar-refractivity contribution in [3.8, 4) is 11.3 Å². The molecule has 5 rings (SSSR count). The third-order valence-electron chi connectivity index (χ3n) is 6.65. The van der Waals surface area contributed by atoms with E-state index >= 15 is 0 Å². The highest BCUT2D eigenvalue weighted by Crippen LogP contribution is 2.41. The fourth-order valence-corrected chi connectivity index (χ4v) is 8.29. The van der Waals surface area contributed by atoms with Gasteiger partial charge < -0.3 is 0 Å². The minimum absolute atomic E-state index is 0.461. The van der Waals surface area contributed by atoms with Crippen LogP contribution in [-0.2, 0) is 0 Å². The SMILES string of the molecule is Cc1ccc2c(C(C)C)cc(-c3nccc4c3sc3c(C)c([Si](C)(C)C)ccc34)cc2c1. The van der Waals surface area contributed by atoms with Crippen LogP contribution in [0.1, 0.15) is 36.5 Å². The van der Waals surface area contributed by atoms with Crippen LogP contribution in [0.5, 0.6) is 0 Å². The number of aryl methyl sites for hydroxylation is 2. The minimum atomic E-state index is -1.39. The molecule has 2 heterocycles. The summed E-state index contributed by atoms with van der Waals surface area (Å²) in [5, 5.41) is 6.93. The number of pyridine rings is 1. The van der Waals surface area contributed by atoms with Crippen LogP contribution in [0.3, 0.4) is 0 Å². The maximum Gasteiger partial charge on any atom is 0.0880 e. The number of aromatic nitrogens is 1. The van der Waals surface area contributed by atoms with E-state index in [2.05, 4.69) is 95.9 Å². The maximum atomic E-state index is 4.92. The Morgan fingerprint density at radius 1 is 0.812 bits per heavy atom. The zero-order valence-corrected chi connectivity index (χ0v) is 21.9. The van der Waals surface area contributed by atoms with E-state index in [-0.39, 0.29) is 0 Å². The predicted molar refractivity (Wildman–Crippen MR) is 147 cm³/mol. The molecule has 0 atom stereocenters. The molecule has 0 amide bonds. The first-order valence-corrected chi connectivity index (χ1v) is 15.8. The summed E-state index contributed by atoms with van der Waals surface area (Å²) in [6.45, 7) is 16.4. The highest BCUT2D eigenvalue weighted by atomic mass is 32.1. The maximum absolute atomic E-state index is 4.92. The zero-order chi connectivity index (χ0) is 22.8. The smallest absolute Gasteiger partial charge is 0.0880 e. The molecule has 0 aliphatic carbocycles. The second-order valence-corrected chi connectivity index (χ2v) is 16.5. The molecule has 162 valence electrons. The van der Waals surface area contributed by atoms with E-state index in [1.165, 1.54) is 53.2 Å². The van der Waals surface area contributed by atoms with E-state index in [9.17, 15) is 0 Å². The second kappa shape index (κ2) is 7.53. The molecule has 0 spiro atoms. The van der Waals surface area contributed by atoms with E-state index in [0.29, 0.717) is 5.92 Å². The average Bonchev–Trinajstić information content (AvgIpc) is 3.11. The highest BCUT2D eigenvalue weighted by molar-refractivity contribution is 7.26. The molecule has 0 bridgehead atoms. The summed E-state index contributed by atoms with van der Waals surface area (Å²) >= 11 is 1.92. The van der Waals surface area contributed by atoms with E-state index in [4.69, 9.17) is 4.98 Å². The Labute approximate surface area is 196 Å². The van der Waals surface area contributed by atoms with E-state index in [1.807, 2.05) is 17.5 Å². The molecule has 0 unspecified atom stereocenters. The van der Waals surface area contributed by atoms with Gasteiger partial charge in [0.1, 0.15) is 0 Å². The molecule has 0 saturated heterocycles. The molecular weight excluding hydrogens is 422 g/mol. The molecule has 3 aromatic carbocycles. The monoisotopic (exact) mass is 453 g/mol. The van der Waals surface area contributed by atoms with Crippen molar-refractivity contribution >= 4 is 55.5 Å². The summed E-state index contributed by atoms with van der Waals surface area (Å²) < 4.78 is 2.73. The summed E-state index contributed by atoms with van der Waals surface area (Å²) in [6, 6.07) is 18.4. The number of nitrogens with zero attached hydrogens (tertiary/aromatic N) is 1. The van der Waals surface area contributed by atoms with Gasteiger partial charge >= 0.3 is 0 Å². The van der Waals surface area contributed by atoms with Crippen LogP contribution in [0.4, 0.5) is 0 Å². The first kappa shape index (κ1) is 21.4. The number of hydrogen-bond acceptors (Lipinski definition) is 2. The normalized spacial score (nSPS) is 12.5. The van der Waals surface area contributed by atoms with Crippen molar-refractivity contribution in [2.45, 2.75) is 53.3 Å². The van der Waals surface area contributed by atoms with Crippen LogP contribution in [0.2, 0.25) is 19.6 Å². The van der Waals surface area contributed by atoms with Crippen LogP contribution >= 0.6 is 11.3 Å². The Balaban J connectivity index is 1.82. The van der Waals surface area contributed by atoms with Gasteiger partial charge in [-0.15, -0.1) is 11.3 Å². The van der Waals surface area contributed by atoms with Crippen molar-refractivity contribution in [1.29, 1.82) is 0 Å². The number of thiophene rings is 1. The molecule has 0 fully saturated rings. The van der Waals surface area contributed by atoms with Gasteiger partial charge in [0.25, 0.3) is 0 Å². The summed E-state index contributed by atoms with van der Waals surface area (Å²) in [6.07, 6.45) is 1.99. The molecule has 0 aliphatic rings. The van der Waals surface area contributed by atoms with Crippen LogP contribution < -0.4 is 5.19 Å². The zero-order valence-electron chi connectivity index (χ0n) is 20.1. The number of rotatable bonds is 3. The second-order valence-electron chi connectivity index (χ2n) is 10.4. The van der Waals surface area contributed by atoms with Gasteiger partial charge in [0.05, 0.1) is 18.5 Å². The van der Waals surface area contributed by atoms with Gasteiger partial charge in [-0.2, -0.15) is 0 Å². The Morgan fingerprint density at radius 3 is 2.25 bits per heavy atom. The van der Waals surface area contributed by atoms with Crippen molar-refractivity contribution in [2.24, 2.45) is 0 Å². The van der Waals surface area contributed by atoms with Crippen molar-refractivity contribution < 1.29 is 0 Å². The molecule has 1 nitrogen and oxygen atoms in total. The van der Waals surface area contributed by atoms with Crippen molar-refractivity contribution in [1.82, 2.24) is 4.98 Å². The summed E-state index contributed by atoms with van der Waals surface area (Å²) in [5.74, 6) is 0.461. The lowest BCUT2D eigenvalue weighted by atomic mass is 9.91. The Bertz CT molecular complexity index is 1500. The Kier molecular flexibility index (Phi) is 5.03. The van der Waals surface area contributed by atoms with Crippen LogP contribution in [0.25, 0.3) is 42.2 Å². The van der Waals surface area contributed by atoms with Crippen molar-refractivity contribution in [3.05, 3.63) is 71.4 Å². The molecule has 3 heteroatoms. The lowest BCUT2D eigenvalue weighted by Gasteiger charge is -2.19. The van der Waals surface area contributed by atoms with Gasteiger partial charge in [-0.05, 0) is 59.9 Å². The predicted octanol–water partition coefficient (Wildman–Crippen LogP) is 8.56. The first-order chi connectivity index (χ1) is 15.1. The molecule has 32 heavy (non-hydrogen) atoms. The van der Waals surface area contributed by atoms with E-state index < -0.39 is 8.07 Å². The minimum Gasteiger partial charge on any atom is -0.255 e. The molecular formula is C29H31NSSi. The molecule has 0 N–H and O–H groups in total. The number of hydrogen-bond donors (Lipinski definition) is 0. The number of benzene rings is 3. The number of fused-ring (bicyclic) bond motifs is 4. The molecule has 2 aromatic heterocycles. The van der Waals surface area contributed by atoms with Crippen LogP contribution in [-0.4, -0.2) is 13.1 Å². The van der Waals surface area contributed by atoms with Gasteiger partial charge in [-0.3, -0.25) is 4.98 Å². The van der Waals surface area contributed by atoms with Gasteiger partial charge in [-0.25, -0.2) is 0 Å². The lowest BCUT2D eigenvalue weighted by molar-refractivity contribution is 0.876. The Morgan fingerprint density at radius 2 is 1.53 bits per heavy atom. The van der Waals surface area contributed by atoms with Crippen molar-refractivity contribution in [3.63, 3.8) is 0 Å². The molecule has 0 aliphatic heterocycles. The molecule has 0 saturated carbocycles. The fourth-order valence-electron chi connectivity index (χ4n) is 5.05. The third kappa shape index (κ3) is 3.39. The topological polar surface area (TPSA) is 12.9 Å². The van der Waals surface area contributed by atoms with E-state index in [0.717, 1.165) is 5.69 Å². The van der Waals surface area contributed by atoms with Crippen LogP contribution in [0.15, 0.2) is 54.7 Å². The quantitative estimate of drug-likeness (QED) is 0.249. The standard InChI is InChI=1S/C29H31NSSi/c1-17(2)25-16-21(15-20-14-18(3)8-9-22(20)25)27-29-24(12-13-30-27)23-10-11-26(32(5,6)7)19(4)28(23)31-29/h8-17H,1-7H3. The Hall–Kier alpha value is -2.49. The molecule has 0 radical (unpaired) electrons.